The van der Waals surface area contributed by atoms with Crippen LogP contribution in [0.15, 0.2) is 42.7 Å². The van der Waals surface area contributed by atoms with Gasteiger partial charge in [0.15, 0.2) is 0 Å². The van der Waals surface area contributed by atoms with Gasteiger partial charge in [-0.3, -0.25) is 9.48 Å². The summed E-state index contributed by atoms with van der Waals surface area (Å²) in [6.07, 6.45) is 3.93. The number of amides is 1. The van der Waals surface area contributed by atoms with E-state index in [0.717, 1.165) is 11.1 Å². The molecule has 0 atom stereocenters. The molecular formula is C16H17N3O2. The minimum Gasteiger partial charge on any atom is -0.384 e. The molecule has 0 spiro atoms. The van der Waals surface area contributed by atoms with Crippen LogP contribution < -0.4 is 5.32 Å². The lowest BCUT2D eigenvalue weighted by atomic mass is 10.1. The first-order chi connectivity index (χ1) is 10.3. The molecule has 0 saturated carbocycles. The summed E-state index contributed by atoms with van der Waals surface area (Å²) in [4.78, 5) is 11.7. The fourth-order valence-corrected chi connectivity index (χ4v) is 1.79. The van der Waals surface area contributed by atoms with Crippen molar-refractivity contribution in [3.8, 4) is 11.8 Å². The number of carbonyl (C=O) groups excluding carboxylic acids is 1. The van der Waals surface area contributed by atoms with Crippen molar-refractivity contribution in [1.82, 2.24) is 15.1 Å². The Morgan fingerprint density at radius 3 is 2.81 bits per heavy atom. The zero-order chi connectivity index (χ0) is 14.9. The van der Waals surface area contributed by atoms with Crippen LogP contribution in [0.5, 0.6) is 0 Å². The van der Waals surface area contributed by atoms with E-state index >= 15 is 0 Å². The van der Waals surface area contributed by atoms with Gasteiger partial charge in [0.25, 0.3) is 0 Å². The highest BCUT2D eigenvalue weighted by molar-refractivity contribution is 5.75. The summed E-state index contributed by atoms with van der Waals surface area (Å²) < 4.78 is 1.73. The van der Waals surface area contributed by atoms with Gasteiger partial charge in [0, 0.05) is 37.5 Å². The van der Waals surface area contributed by atoms with E-state index in [-0.39, 0.29) is 12.5 Å². The van der Waals surface area contributed by atoms with Gasteiger partial charge in [0.2, 0.25) is 5.91 Å². The van der Waals surface area contributed by atoms with Crippen molar-refractivity contribution in [1.29, 1.82) is 0 Å². The first kappa shape index (κ1) is 14.8. The van der Waals surface area contributed by atoms with Gasteiger partial charge < -0.3 is 10.4 Å². The minimum atomic E-state index is -0.145. The second-order valence-corrected chi connectivity index (χ2v) is 4.45. The molecule has 1 aromatic carbocycles. The van der Waals surface area contributed by atoms with Crippen molar-refractivity contribution in [2.75, 3.05) is 6.61 Å². The lowest BCUT2D eigenvalue weighted by Crippen LogP contribution is -2.24. The van der Waals surface area contributed by atoms with E-state index < -0.39 is 0 Å². The van der Waals surface area contributed by atoms with Gasteiger partial charge in [-0.15, -0.1) is 0 Å². The van der Waals surface area contributed by atoms with Crippen molar-refractivity contribution < 1.29 is 9.90 Å². The third-order valence-electron chi connectivity index (χ3n) is 2.88. The number of aryl methyl sites for hydroxylation is 1. The van der Waals surface area contributed by atoms with Crippen LogP contribution in [0.2, 0.25) is 0 Å². The normalized spacial score (nSPS) is 9.76. The van der Waals surface area contributed by atoms with Crippen LogP contribution in [0.25, 0.3) is 0 Å². The van der Waals surface area contributed by atoms with E-state index in [2.05, 4.69) is 22.3 Å². The van der Waals surface area contributed by atoms with Crippen molar-refractivity contribution >= 4 is 5.91 Å². The molecule has 108 valence electrons. The molecule has 0 aliphatic rings. The Labute approximate surface area is 123 Å². The Bertz CT molecular complexity index is 622. The maximum atomic E-state index is 11.7. The number of rotatable bonds is 5. The Morgan fingerprint density at radius 1 is 1.33 bits per heavy atom. The van der Waals surface area contributed by atoms with Crippen molar-refractivity contribution in [2.24, 2.45) is 0 Å². The van der Waals surface area contributed by atoms with Gasteiger partial charge in [-0.2, -0.15) is 5.10 Å². The molecule has 2 N–H and O–H groups in total. The molecule has 21 heavy (non-hydrogen) atoms. The van der Waals surface area contributed by atoms with E-state index in [9.17, 15) is 4.79 Å². The number of benzene rings is 1. The summed E-state index contributed by atoms with van der Waals surface area (Å²) in [5.74, 6) is 5.41. The summed E-state index contributed by atoms with van der Waals surface area (Å²) in [6.45, 7) is 0.925. The van der Waals surface area contributed by atoms with Gasteiger partial charge in [-0.1, -0.05) is 24.0 Å². The third kappa shape index (κ3) is 5.13. The van der Waals surface area contributed by atoms with Gasteiger partial charge in [0.05, 0.1) is 0 Å². The summed E-state index contributed by atoms with van der Waals surface area (Å²) in [7, 11) is 0. The van der Waals surface area contributed by atoms with E-state index in [0.29, 0.717) is 19.5 Å². The maximum Gasteiger partial charge on any atom is 0.222 e. The highest BCUT2D eigenvalue weighted by Crippen LogP contribution is 2.03. The SMILES string of the molecule is O=C(CCn1cccn1)NCc1ccc(C#CCO)cc1. The molecule has 1 amide bonds. The number of carbonyl (C=O) groups is 1. The molecule has 5 nitrogen and oxygen atoms in total. The lowest BCUT2D eigenvalue weighted by Gasteiger charge is -2.06. The van der Waals surface area contributed by atoms with Gasteiger partial charge in [-0.25, -0.2) is 0 Å². The Morgan fingerprint density at radius 2 is 2.14 bits per heavy atom. The topological polar surface area (TPSA) is 67.2 Å². The monoisotopic (exact) mass is 283 g/mol. The minimum absolute atomic E-state index is 0.00495. The number of nitrogens with zero attached hydrogens (tertiary/aromatic N) is 2. The van der Waals surface area contributed by atoms with Crippen LogP contribution in [0, 0.1) is 11.8 Å². The molecular weight excluding hydrogens is 266 g/mol. The average molecular weight is 283 g/mol. The fourth-order valence-electron chi connectivity index (χ4n) is 1.79. The number of nitrogens with one attached hydrogen (secondary N) is 1. The Kier molecular flexibility index (Phi) is 5.56. The predicted molar refractivity (Wildman–Crippen MR) is 79.1 cm³/mol. The largest absolute Gasteiger partial charge is 0.384 e. The number of hydrogen-bond acceptors (Lipinski definition) is 3. The molecule has 5 heteroatoms. The van der Waals surface area contributed by atoms with Crippen molar-refractivity contribution in [2.45, 2.75) is 19.5 Å². The predicted octanol–water partition coefficient (Wildman–Crippen LogP) is 0.933. The van der Waals surface area contributed by atoms with E-state index in [1.165, 1.54) is 0 Å². The highest BCUT2D eigenvalue weighted by atomic mass is 16.2. The molecule has 0 saturated heterocycles. The summed E-state index contributed by atoms with van der Waals surface area (Å²) in [6, 6.07) is 9.39. The second-order valence-electron chi connectivity index (χ2n) is 4.45. The Balaban J connectivity index is 1.75. The van der Waals surface area contributed by atoms with Crippen molar-refractivity contribution in [3.63, 3.8) is 0 Å². The quantitative estimate of drug-likeness (QED) is 0.802. The number of aromatic nitrogens is 2. The first-order valence-corrected chi connectivity index (χ1v) is 6.71. The molecule has 0 fully saturated rings. The zero-order valence-electron chi connectivity index (χ0n) is 11.6. The molecule has 2 rings (SSSR count). The number of aliphatic hydroxyl groups is 1. The third-order valence-corrected chi connectivity index (χ3v) is 2.88. The molecule has 1 aromatic heterocycles. The van der Waals surface area contributed by atoms with Gasteiger partial charge >= 0.3 is 0 Å². The van der Waals surface area contributed by atoms with Crippen LogP contribution in [-0.2, 0) is 17.9 Å². The van der Waals surface area contributed by atoms with Crippen LogP contribution in [0.1, 0.15) is 17.5 Å². The number of aliphatic hydroxyl groups excluding tert-OH is 1. The second kappa shape index (κ2) is 7.88. The van der Waals surface area contributed by atoms with E-state index in [1.54, 1.807) is 10.9 Å². The first-order valence-electron chi connectivity index (χ1n) is 6.71. The highest BCUT2D eigenvalue weighted by Gasteiger charge is 2.02. The van der Waals surface area contributed by atoms with Crippen molar-refractivity contribution in [3.05, 3.63) is 53.9 Å². The van der Waals surface area contributed by atoms with Crippen LogP contribution in [0.3, 0.4) is 0 Å². The van der Waals surface area contributed by atoms with Crippen LogP contribution in [-0.4, -0.2) is 27.4 Å². The lowest BCUT2D eigenvalue weighted by molar-refractivity contribution is -0.121. The molecule has 1 heterocycles. The fraction of sp³-hybridized carbons (Fsp3) is 0.250. The Hall–Kier alpha value is -2.58. The van der Waals surface area contributed by atoms with Crippen LogP contribution in [0.4, 0.5) is 0 Å². The molecule has 0 unspecified atom stereocenters. The maximum absolute atomic E-state index is 11.7. The zero-order valence-corrected chi connectivity index (χ0v) is 11.6. The standard InChI is InChI=1S/C16H17N3O2/c20-12-1-3-14-4-6-15(7-5-14)13-17-16(21)8-11-19-10-2-9-18-19/h2,4-7,9-10,20H,8,11-13H2,(H,17,21). The molecule has 2 aromatic rings. The van der Waals surface area contributed by atoms with Gasteiger partial charge in [-0.05, 0) is 23.8 Å². The molecule has 0 bridgehead atoms. The van der Waals surface area contributed by atoms with Gasteiger partial charge in [0.1, 0.15) is 6.61 Å². The number of hydrogen-bond donors (Lipinski definition) is 2. The molecule has 0 aliphatic heterocycles. The van der Waals surface area contributed by atoms with Crippen LogP contribution >= 0.6 is 0 Å². The average Bonchev–Trinajstić information content (AvgIpc) is 3.03. The smallest absolute Gasteiger partial charge is 0.222 e. The molecule has 0 radical (unpaired) electrons. The van der Waals surface area contributed by atoms with E-state index in [1.807, 2.05) is 36.5 Å². The summed E-state index contributed by atoms with van der Waals surface area (Å²) >= 11 is 0. The van der Waals surface area contributed by atoms with E-state index in [4.69, 9.17) is 5.11 Å². The summed E-state index contributed by atoms with van der Waals surface area (Å²) in [5.41, 5.74) is 1.86. The summed E-state index contributed by atoms with van der Waals surface area (Å²) in [5, 5.41) is 15.5. The molecule has 0 aliphatic carbocycles.